The van der Waals surface area contributed by atoms with Crippen LogP contribution in [0.4, 0.5) is 11.6 Å². The largest absolute Gasteiger partial charge is 0.324 e. The molecule has 152 valence electrons. The summed E-state index contributed by atoms with van der Waals surface area (Å²) in [5, 5.41) is 3.72. The van der Waals surface area contributed by atoms with Crippen molar-refractivity contribution in [1.29, 1.82) is 0 Å². The van der Waals surface area contributed by atoms with E-state index in [4.69, 9.17) is 11.6 Å². The second-order valence-corrected chi connectivity index (χ2v) is 7.92. The van der Waals surface area contributed by atoms with Gasteiger partial charge in [0.2, 0.25) is 5.95 Å². The fraction of sp³-hybridized carbons (Fsp3) is 0.261. The molecule has 1 aliphatic rings. The number of hydrogen-bond donors (Lipinski definition) is 1. The van der Waals surface area contributed by atoms with Gasteiger partial charge in [0.15, 0.2) is 5.15 Å². The number of likely N-dealkylation sites (tertiary alicyclic amines) is 1. The highest BCUT2D eigenvalue weighted by Gasteiger charge is 2.14. The maximum Gasteiger partial charge on any atom is 0.227 e. The molecular formula is C23H23ClN6. The van der Waals surface area contributed by atoms with E-state index in [0.29, 0.717) is 11.1 Å². The fourth-order valence-corrected chi connectivity index (χ4v) is 4.20. The van der Waals surface area contributed by atoms with Gasteiger partial charge in [0.1, 0.15) is 11.3 Å². The third-order valence-electron chi connectivity index (χ3n) is 5.51. The molecule has 1 N–H and O–H groups in total. The molecule has 5 rings (SSSR count). The first kappa shape index (κ1) is 19.0. The molecule has 0 spiro atoms. The number of halogens is 1. The number of anilines is 2. The highest BCUT2D eigenvalue weighted by Crippen LogP contribution is 2.28. The van der Waals surface area contributed by atoms with E-state index in [1.54, 1.807) is 6.20 Å². The van der Waals surface area contributed by atoms with Crippen LogP contribution < -0.4 is 5.32 Å². The average molecular weight is 419 g/mol. The summed E-state index contributed by atoms with van der Waals surface area (Å²) in [7, 11) is 0. The number of hydrogen-bond acceptors (Lipinski definition) is 5. The SMILES string of the molecule is Clc1nc2ccccn2c1-c1ccnc(Nc2ccc(CCN3CCCC3)cc2)n1. The smallest absolute Gasteiger partial charge is 0.227 e. The van der Waals surface area contributed by atoms with Crippen LogP contribution in [0.15, 0.2) is 60.9 Å². The Hall–Kier alpha value is -2.96. The zero-order valence-electron chi connectivity index (χ0n) is 16.6. The molecule has 4 aromatic rings. The summed E-state index contributed by atoms with van der Waals surface area (Å²) >= 11 is 6.39. The van der Waals surface area contributed by atoms with E-state index in [1.165, 1.54) is 31.5 Å². The van der Waals surface area contributed by atoms with Gasteiger partial charge in [-0.05, 0) is 68.2 Å². The second kappa shape index (κ2) is 8.42. The quantitative estimate of drug-likeness (QED) is 0.486. The number of benzene rings is 1. The van der Waals surface area contributed by atoms with E-state index in [9.17, 15) is 0 Å². The summed E-state index contributed by atoms with van der Waals surface area (Å²) in [5.41, 5.74) is 4.57. The van der Waals surface area contributed by atoms with E-state index in [0.717, 1.165) is 35.7 Å². The Labute approximate surface area is 180 Å². The van der Waals surface area contributed by atoms with Crippen molar-refractivity contribution in [2.24, 2.45) is 0 Å². The molecule has 1 saturated heterocycles. The molecule has 1 aromatic carbocycles. The molecule has 1 fully saturated rings. The predicted molar refractivity (Wildman–Crippen MR) is 120 cm³/mol. The summed E-state index contributed by atoms with van der Waals surface area (Å²) in [6.07, 6.45) is 7.41. The third-order valence-corrected chi connectivity index (χ3v) is 5.77. The van der Waals surface area contributed by atoms with Crippen molar-refractivity contribution in [2.75, 3.05) is 25.0 Å². The fourth-order valence-electron chi connectivity index (χ4n) is 3.92. The molecule has 0 amide bonds. The highest BCUT2D eigenvalue weighted by atomic mass is 35.5. The number of aromatic nitrogens is 4. The van der Waals surface area contributed by atoms with Crippen LogP contribution in [0.5, 0.6) is 0 Å². The van der Waals surface area contributed by atoms with E-state index < -0.39 is 0 Å². The van der Waals surface area contributed by atoms with Crippen molar-refractivity contribution in [3.63, 3.8) is 0 Å². The Morgan fingerprint density at radius 1 is 0.967 bits per heavy atom. The summed E-state index contributed by atoms with van der Waals surface area (Å²) in [6.45, 7) is 3.62. The predicted octanol–water partition coefficient (Wildman–Crippen LogP) is 4.83. The molecule has 1 aliphatic heterocycles. The topological polar surface area (TPSA) is 58.4 Å². The molecule has 30 heavy (non-hydrogen) atoms. The van der Waals surface area contributed by atoms with E-state index >= 15 is 0 Å². The van der Waals surface area contributed by atoms with Crippen LogP contribution in [0.25, 0.3) is 17.0 Å². The van der Waals surface area contributed by atoms with Gasteiger partial charge in [-0.25, -0.2) is 15.0 Å². The lowest BCUT2D eigenvalue weighted by Gasteiger charge is -2.14. The maximum atomic E-state index is 6.39. The van der Waals surface area contributed by atoms with Crippen LogP contribution in [-0.2, 0) is 6.42 Å². The van der Waals surface area contributed by atoms with Crippen molar-refractivity contribution in [3.05, 3.63) is 71.6 Å². The Morgan fingerprint density at radius 2 is 1.80 bits per heavy atom. The van der Waals surface area contributed by atoms with E-state index in [2.05, 4.69) is 49.4 Å². The summed E-state index contributed by atoms with van der Waals surface area (Å²) in [5.74, 6) is 0.527. The van der Waals surface area contributed by atoms with Gasteiger partial charge >= 0.3 is 0 Å². The van der Waals surface area contributed by atoms with E-state index in [1.807, 2.05) is 34.9 Å². The zero-order valence-corrected chi connectivity index (χ0v) is 17.4. The van der Waals surface area contributed by atoms with Crippen LogP contribution >= 0.6 is 11.6 Å². The molecule has 0 atom stereocenters. The Balaban J connectivity index is 1.31. The molecule has 0 aliphatic carbocycles. The number of nitrogens with zero attached hydrogens (tertiary/aromatic N) is 5. The summed E-state index contributed by atoms with van der Waals surface area (Å²) < 4.78 is 1.93. The molecule has 3 aromatic heterocycles. The van der Waals surface area contributed by atoms with Crippen molar-refractivity contribution in [3.8, 4) is 11.4 Å². The monoisotopic (exact) mass is 418 g/mol. The number of rotatable bonds is 6. The number of nitrogens with one attached hydrogen (secondary N) is 1. The molecule has 0 bridgehead atoms. The summed E-state index contributed by atoms with van der Waals surface area (Å²) in [4.78, 5) is 16.0. The Bertz CT molecular complexity index is 1150. The lowest BCUT2D eigenvalue weighted by molar-refractivity contribution is 0.343. The summed E-state index contributed by atoms with van der Waals surface area (Å²) in [6, 6.07) is 16.1. The zero-order chi connectivity index (χ0) is 20.3. The van der Waals surface area contributed by atoms with Gasteiger partial charge < -0.3 is 10.2 Å². The maximum absolute atomic E-state index is 6.39. The van der Waals surface area contributed by atoms with Gasteiger partial charge in [-0.3, -0.25) is 4.40 Å². The average Bonchev–Trinajstić information content (AvgIpc) is 3.40. The molecule has 0 radical (unpaired) electrons. The first-order valence-corrected chi connectivity index (χ1v) is 10.7. The Morgan fingerprint density at radius 3 is 2.63 bits per heavy atom. The van der Waals surface area contributed by atoms with Crippen LogP contribution in [-0.4, -0.2) is 43.9 Å². The molecule has 0 unspecified atom stereocenters. The van der Waals surface area contributed by atoms with Crippen LogP contribution in [0.2, 0.25) is 5.15 Å². The first-order chi connectivity index (χ1) is 14.8. The highest BCUT2D eigenvalue weighted by molar-refractivity contribution is 6.32. The normalized spacial score (nSPS) is 14.4. The first-order valence-electron chi connectivity index (χ1n) is 10.3. The Kier molecular flexibility index (Phi) is 5.34. The van der Waals surface area contributed by atoms with Gasteiger partial charge in [-0.2, -0.15) is 0 Å². The standard InChI is InChI=1S/C23H23ClN6/c24-22-21(30-15-2-1-5-20(30)28-22)19-10-12-25-23(27-19)26-18-8-6-17(7-9-18)11-16-29-13-3-4-14-29/h1-2,5-10,12,15H,3-4,11,13-14,16H2,(H,25,26,27). The van der Waals surface area contributed by atoms with E-state index in [-0.39, 0.29) is 0 Å². The van der Waals surface area contributed by atoms with Crippen molar-refractivity contribution < 1.29 is 0 Å². The number of fused-ring (bicyclic) bond motifs is 1. The number of imidazole rings is 1. The molecule has 4 heterocycles. The minimum Gasteiger partial charge on any atom is -0.324 e. The van der Waals surface area contributed by atoms with Crippen molar-refractivity contribution in [2.45, 2.75) is 19.3 Å². The third kappa shape index (κ3) is 4.01. The van der Waals surface area contributed by atoms with Gasteiger partial charge in [-0.1, -0.05) is 29.8 Å². The molecule has 0 saturated carbocycles. The number of pyridine rings is 1. The minimum atomic E-state index is 0.424. The van der Waals surface area contributed by atoms with Crippen LogP contribution in [0.3, 0.4) is 0 Å². The molecular weight excluding hydrogens is 396 g/mol. The van der Waals surface area contributed by atoms with Gasteiger partial charge in [-0.15, -0.1) is 0 Å². The lowest BCUT2D eigenvalue weighted by atomic mass is 10.1. The molecule has 6 nitrogen and oxygen atoms in total. The lowest BCUT2D eigenvalue weighted by Crippen LogP contribution is -2.21. The van der Waals surface area contributed by atoms with Gasteiger partial charge in [0.05, 0.1) is 5.69 Å². The van der Waals surface area contributed by atoms with Crippen LogP contribution in [0.1, 0.15) is 18.4 Å². The van der Waals surface area contributed by atoms with Crippen molar-refractivity contribution >= 4 is 28.9 Å². The molecule has 7 heteroatoms. The van der Waals surface area contributed by atoms with Crippen molar-refractivity contribution in [1.82, 2.24) is 24.3 Å². The minimum absolute atomic E-state index is 0.424. The van der Waals surface area contributed by atoms with Gasteiger partial charge in [0.25, 0.3) is 0 Å². The van der Waals surface area contributed by atoms with Gasteiger partial charge in [0, 0.05) is 24.6 Å². The van der Waals surface area contributed by atoms with Crippen LogP contribution in [0, 0.1) is 0 Å². The second-order valence-electron chi connectivity index (χ2n) is 7.57.